The van der Waals surface area contributed by atoms with Gasteiger partial charge in [0.25, 0.3) is 0 Å². The number of amides is 2. The second kappa shape index (κ2) is 9.26. The lowest BCUT2D eigenvalue weighted by Crippen LogP contribution is -2.47. The Hall–Kier alpha value is -1.75. The first kappa shape index (κ1) is 19.0. The van der Waals surface area contributed by atoms with Crippen LogP contribution in [0.25, 0.3) is 0 Å². The van der Waals surface area contributed by atoms with Gasteiger partial charge in [-0.25, -0.2) is 4.79 Å². The van der Waals surface area contributed by atoms with Gasteiger partial charge in [0.2, 0.25) is 0 Å². The third-order valence-electron chi connectivity index (χ3n) is 4.58. The maximum Gasteiger partial charge on any atom is 0.315 e. The van der Waals surface area contributed by atoms with Gasteiger partial charge in [-0.1, -0.05) is 47.5 Å². The number of urea groups is 1. The molecule has 2 amide bonds. The third-order valence-corrected chi connectivity index (χ3v) is 5.07. The molecule has 2 N–H and O–H groups in total. The fourth-order valence-corrected chi connectivity index (χ4v) is 3.49. The first-order valence-electron chi connectivity index (χ1n) is 8.84. The predicted octanol–water partition coefficient (Wildman–Crippen LogP) is 4.46. The summed E-state index contributed by atoms with van der Waals surface area (Å²) in [6.45, 7) is 3.34. The number of likely N-dealkylation sites (tertiary alicyclic amines) is 1. The predicted molar refractivity (Wildman–Crippen MR) is 107 cm³/mol. The van der Waals surface area contributed by atoms with Gasteiger partial charge in [0.1, 0.15) is 0 Å². The Balaban J connectivity index is 1.38. The molecule has 1 saturated heterocycles. The monoisotopic (exact) mass is 391 g/mol. The van der Waals surface area contributed by atoms with Gasteiger partial charge in [-0.3, -0.25) is 4.90 Å². The fraction of sp³-hybridized carbons (Fsp3) is 0.350. The van der Waals surface area contributed by atoms with E-state index in [-0.39, 0.29) is 12.1 Å². The van der Waals surface area contributed by atoms with E-state index < -0.39 is 0 Å². The van der Waals surface area contributed by atoms with Crippen molar-refractivity contribution in [2.45, 2.75) is 32.0 Å². The first-order chi connectivity index (χ1) is 12.6. The van der Waals surface area contributed by atoms with E-state index in [1.54, 1.807) is 0 Å². The van der Waals surface area contributed by atoms with Crippen molar-refractivity contribution in [2.24, 2.45) is 0 Å². The van der Waals surface area contributed by atoms with Gasteiger partial charge in [0.05, 0.1) is 0 Å². The Morgan fingerprint density at radius 2 is 1.73 bits per heavy atom. The van der Waals surface area contributed by atoms with Gasteiger partial charge in [0, 0.05) is 42.3 Å². The molecule has 0 saturated carbocycles. The largest absolute Gasteiger partial charge is 0.335 e. The second-order valence-corrected chi connectivity index (χ2v) is 7.51. The van der Waals surface area contributed by atoms with Gasteiger partial charge in [-0.2, -0.15) is 0 Å². The molecule has 2 aromatic carbocycles. The number of halogens is 2. The van der Waals surface area contributed by atoms with Crippen LogP contribution in [0.2, 0.25) is 10.0 Å². The summed E-state index contributed by atoms with van der Waals surface area (Å²) in [4.78, 5) is 14.5. The van der Waals surface area contributed by atoms with E-state index in [9.17, 15) is 4.79 Å². The van der Waals surface area contributed by atoms with Gasteiger partial charge in [-0.05, 0) is 48.2 Å². The summed E-state index contributed by atoms with van der Waals surface area (Å²) >= 11 is 11.9. The van der Waals surface area contributed by atoms with Crippen LogP contribution in [0.15, 0.2) is 48.5 Å². The van der Waals surface area contributed by atoms with Crippen LogP contribution in [-0.2, 0) is 13.1 Å². The SMILES string of the molecule is O=C(NCc1cccc(Cl)c1)NC1CCN(Cc2ccc(Cl)cc2)CC1. The van der Waals surface area contributed by atoms with E-state index in [2.05, 4.69) is 27.7 Å². The van der Waals surface area contributed by atoms with Crippen molar-refractivity contribution >= 4 is 29.2 Å². The summed E-state index contributed by atoms with van der Waals surface area (Å²) in [5, 5.41) is 7.41. The van der Waals surface area contributed by atoms with Crippen LogP contribution >= 0.6 is 23.2 Å². The molecule has 1 aliphatic rings. The van der Waals surface area contributed by atoms with E-state index in [1.165, 1.54) is 5.56 Å². The lowest BCUT2D eigenvalue weighted by molar-refractivity contribution is 0.186. The number of benzene rings is 2. The summed E-state index contributed by atoms with van der Waals surface area (Å²) in [6, 6.07) is 15.6. The molecule has 1 heterocycles. The Labute approximate surface area is 164 Å². The Bertz CT molecular complexity index is 728. The average molecular weight is 392 g/mol. The standard InChI is InChI=1S/C20H23Cl2N3O/c21-17-6-4-15(5-7-17)14-25-10-8-19(9-11-25)24-20(26)23-13-16-2-1-3-18(22)12-16/h1-7,12,19H,8-11,13-14H2,(H2,23,24,26). The van der Waals surface area contributed by atoms with Crippen LogP contribution in [0.5, 0.6) is 0 Å². The van der Waals surface area contributed by atoms with Gasteiger partial charge in [-0.15, -0.1) is 0 Å². The smallest absolute Gasteiger partial charge is 0.315 e. The number of piperidine rings is 1. The van der Waals surface area contributed by atoms with Crippen molar-refractivity contribution in [3.63, 3.8) is 0 Å². The Morgan fingerprint density at radius 1 is 1.00 bits per heavy atom. The van der Waals surface area contributed by atoms with Crippen LogP contribution in [-0.4, -0.2) is 30.1 Å². The Morgan fingerprint density at radius 3 is 2.42 bits per heavy atom. The molecule has 138 valence electrons. The number of hydrogen-bond acceptors (Lipinski definition) is 2. The molecule has 0 spiro atoms. The molecule has 0 unspecified atom stereocenters. The molecule has 0 bridgehead atoms. The van der Waals surface area contributed by atoms with Crippen LogP contribution in [0, 0.1) is 0 Å². The highest BCUT2D eigenvalue weighted by atomic mass is 35.5. The third kappa shape index (κ3) is 5.90. The minimum absolute atomic E-state index is 0.124. The van der Waals surface area contributed by atoms with Crippen LogP contribution in [0.3, 0.4) is 0 Å². The molecular formula is C20H23Cl2N3O. The van der Waals surface area contributed by atoms with E-state index >= 15 is 0 Å². The first-order valence-corrected chi connectivity index (χ1v) is 9.60. The lowest BCUT2D eigenvalue weighted by atomic mass is 10.0. The number of rotatable bonds is 5. The van der Waals surface area contributed by atoms with Gasteiger partial charge in [0.15, 0.2) is 0 Å². The van der Waals surface area contributed by atoms with Crippen LogP contribution in [0.1, 0.15) is 24.0 Å². The highest BCUT2D eigenvalue weighted by molar-refractivity contribution is 6.30. The van der Waals surface area contributed by atoms with Crippen molar-refractivity contribution in [1.29, 1.82) is 0 Å². The van der Waals surface area contributed by atoms with Crippen molar-refractivity contribution in [2.75, 3.05) is 13.1 Å². The van der Waals surface area contributed by atoms with Crippen LogP contribution < -0.4 is 10.6 Å². The van der Waals surface area contributed by atoms with E-state index in [4.69, 9.17) is 23.2 Å². The van der Waals surface area contributed by atoms with Crippen molar-refractivity contribution in [3.05, 3.63) is 69.7 Å². The Kier molecular flexibility index (Phi) is 6.78. The van der Waals surface area contributed by atoms with E-state index in [1.807, 2.05) is 36.4 Å². The molecular weight excluding hydrogens is 369 g/mol. The summed E-state index contributed by atoms with van der Waals surface area (Å²) < 4.78 is 0. The molecule has 1 fully saturated rings. The zero-order chi connectivity index (χ0) is 18.4. The zero-order valence-corrected chi connectivity index (χ0v) is 16.1. The molecule has 2 aromatic rings. The minimum atomic E-state index is -0.124. The maximum absolute atomic E-state index is 12.1. The van der Waals surface area contributed by atoms with Crippen molar-refractivity contribution < 1.29 is 4.79 Å². The molecule has 0 radical (unpaired) electrons. The summed E-state index contributed by atoms with van der Waals surface area (Å²) in [5.74, 6) is 0. The molecule has 1 aliphatic heterocycles. The van der Waals surface area contributed by atoms with Crippen molar-refractivity contribution in [1.82, 2.24) is 15.5 Å². The van der Waals surface area contributed by atoms with E-state index in [0.29, 0.717) is 11.6 Å². The zero-order valence-electron chi connectivity index (χ0n) is 14.6. The number of nitrogens with zero attached hydrogens (tertiary/aromatic N) is 1. The number of carbonyl (C=O) groups is 1. The lowest BCUT2D eigenvalue weighted by Gasteiger charge is -2.32. The fourth-order valence-electron chi connectivity index (χ4n) is 3.15. The summed E-state index contributed by atoms with van der Waals surface area (Å²) in [6.07, 6.45) is 1.91. The van der Waals surface area contributed by atoms with Gasteiger partial charge < -0.3 is 10.6 Å². The second-order valence-electron chi connectivity index (χ2n) is 6.63. The molecule has 0 atom stereocenters. The van der Waals surface area contributed by atoms with E-state index in [0.717, 1.165) is 43.1 Å². The molecule has 0 aromatic heterocycles. The highest BCUT2D eigenvalue weighted by Gasteiger charge is 2.20. The topological polar surface area (TPSA) is 44.4 Å². The number of nitrogens with one attached hydrogen (secondary N) is 2. The quantitative estimate of drug-likeness (QED) is 0.789. The van der Waals surface area contributed by atoms with Crippen molar-refractivity contribution in [3.8, 4) is 0 Å². The average Bonchev–Trinajstić information content (AvgIpc) is 2.64. The molecule has 4 nitrogen and oxygen atoms in total. The number of carbonyl (C=O) groups excluding carboxylic acids is 1. The van der Waals surface area contributed by atoms with Gasteiger partial charge >= 0.3 is 6.03 Å². The number of hydrogen-bond donors (Lipinski definition) is 2. The minimum Gasteiger partial charge on any atom is -0.335 e. The molecule has 26 heavy (non-hydrogen) atoms. The normalized spacial score (nSPS) is 15.6. The maximum atomic E-state index is 12.1. The molecule has 6 heteroatoms. The molecule has 0 aliphatic carbocycles. The summed E-state index contributed by atoms with van der Waals surface area (Å²) in [5.41, 5.74) is 2.26. The summed E-state index contributed by atoms with van der Waals surface area (Å²) in [7, 11) is 0. The van der Waals surface area contributed by atoms with Crippen LogP contribution in [0.4, 0.5) is 4.79 Å². The molecule has 3 rings (SSSR count). The highest BCUT2D eigenvalue weighted by Crippen LogP contribution is 2.16.